The Kier molecular flexibility index (Phi) is 2.07. The maximum Gasteiger partial charge on any atom is 0.407 e. The summed E-state index contributed by atoms with van der Waals surface area (Å²) in [6.07, 6.45) is 2.36. The summed E-state index contributed by atoms with van der Waals surface area (Å²) in [5, 5.41) is 8.80. The lowest BCUT2D eigenvalue weighted by Gasteiger charge is -2.40. The van der Waals surface area contributed by atoms with Gasteiger partial charge in [-0.15, -0.1) is 0 Å². The minimum absolute atomic E-state index is 0.149. The Hall–Kier alpha value is -0.730. The molecule has 1 fully saturated rings. The van der Waals surface area contributed by atoms with Crippen molar-refractivity contribution in [2.45, 2.75) is 38.6 Å². The molecular formula is C8H15NO2. The largest absolute Gasteiger partial charge is 0.465 e. The van der Waals surface area contributed by atoms with Crippen molar-refractivity contribution in [3.8, 4) is 0 Å². The van der Waals surface area contributed by atoms with Gasteiger partial charge in [-0.3, -0.25) is 0 Å². The highest BCUT2D eigenvalue weighted by Gasteiger charge is 2.32. The number of carbonyl (C=O) groups is 1. The van der Waals surface area contributed by atoms with Crippen LogP contribution in [0.2, 0.25) is 0 Å². The second kappa shape index (κ2) is 2.72. The third-order valence-electron chi connectivity index (χ3n) is 2.38. The first-order valence-electron chi connectivity index (χ1n) is 4.04. The molecule has 1 amide bonds. The Morgan fingerprint density at radius 2 is 2.09 bits per heavy atom. The van der Waals surface area contributed by atoms with E-state index < -0.39 is 6.09 Å². The minimum atomic E-state index is -0.783. The van der Waals surface area contributed by atoms with Crippen molar-refractivity contribution in [1.29, 1.82) is 0 Å². The van der Waals surface area contributed by atoms with Gasteiger partial charge in [0, 0.05) is 12.1 Å². The van der Waals surface area contributed by atoms with Crippen molar-refractivity contribution in [2.24, 2.45) is 0 Å². The zero-order chi connectivity index (χ0) is 8.48. The molecule has 0 aromatic heterocycles. The Bertz CT molecular complexity index is 165. The number of hydrogen-bond acceptors (Lipinski definition) is 1. The van der Waals surface area contributed by atoms with Crippen molar-refractivity contribution >= 4 is 6.09 Å². The summed E-state index contributed by atoms with van der Waals surface area (Å²) in [4.78, 5) is 12.2. The number of carboxylic acid groups (broad SMARTS) is 1. The van der Waals surface area contributed by atoms with Gasteiger partial charge in [0.15, 0.2) is 0 Å². The quantitative estimate of drug-likeness (QED) is 0.583. The second-order valence-corrected chi connectivity index (χ2v) is 3.70. The van der Waals surface area contributed by atoms with E-state index >= 15 is 0 Å². The lowest BCUT2D eigenvalue weighted by molar-refractivity contribution is 0.0681. The van der Waals surface area contributed by atoms with Gasteiger partial charge in [0.1, 0.15) is 0 Å². The summed E-state index contributed by atoms with van der Waals surface area (Å²) >= 11 is 0. The summed E-state index contributed by atoms with van der Waals surface area (Å²) < 4.78 is 0. The predicted molar refractivity (Wildman–Crippen MR) is 42.7 cm³/mol. The topological polar surface area (TPSA) is 40.5 Å². The molecule has 3 nitrogen and oxygen atoms in total. The van der Waals surface area contributed by atoms with Crippen LogP contribution in [0.25, 0.3) is 0 Å². The highest BCUT2D eigenvalue weighted by Crippen LogP contribution is 2.26. The van der Waals surface area contributed by atoms with E-state index in [4.69, 9.17) is 5.11 Å². The number of likely N-dealkylation sites (tertiary alicyclic amines) is 1. The standard InChI is InChI=1S/C8H15NO2/c1-8(2)5-3-4-6-9(8)7(10)11/h3-6H2,1-2H3,(H,10,11). The van der Waals surface area contributed by atoms with E-state index in [1.165, 1.54) is 4.90 Å². The fourth-order valence-corrected chi connectivity index (χ4v) is 1.62. The number of hydrogen-bond donors (Lipinski definition) is 1. The van der Waals surface area contributed by atoms with Gasteiger partial charge < -0.3 is 10.0 Å². The van der Waals surface area contributed by atoms with Crippen LogP contribution in [0, 0.1) is 0 Å². The average molecular weight is 157 g/mol. The van der Waals surface area contributed by atoms with Gasteiger partial charge in [-0.05, 0) is 33.1 Å². The molecule has 1 rings (SSSR count). The minimum Gasteiger partial charge on any atom is -0.465 e. The molecule has 0 bridgehead atoms. The summed E-state index contributed by atoms with van der Waals surface area (Å²) in [5.74, 6) is 0. The van der Waals surface area contributed by atoms with Crippen molar-refractivity contribution in [1.82, 2.24) is 4.90 Å². The molecule has 0 aliphatic carbocycles. The van der Waals surface area contributed by atoms with Crippen molar-refractivity contribution in [3.63, 3.8) is 0 Å². The zero-order valence-electron chi connectivity index (χ0n) is 7.13. The molecule has 1 heterocycles. The van der Waals surface area contributed by atoms with E-state index in [1.54, 1.807) is 0 Å². The van der Waals surface area contributed by atoms with Crippen molar-refractivity contribution in [3.05, 3.63) is 0 Å². The molecule has 1 N–H and O–H groups in total. The third kappa shape index (κ3) is 1.64. The smallest absolute Gasteiger partial charge is 0.407 e. The molecule has 64 valence electrons. The maximum absolute atomic E-state index is 10.7. The Labute approximate surface area is 67.0 Å². The van der Waals surface area contributed by atoms with Gasteiger partial charge in [0.25, 0.3) is 0 Å². The summed E-state index contributed by atoms with van der Waals surface area (Å²) in [5.41, 5.74) is -0.149. The number of rotatable bonds is 0. The molecule has 0 aromatic carbocycles. The summed E-state index contributed by atoms with van der Waals surface area (Å²) in [6, 6.07) is 0. The highest BCUT2D eigenvalue weighted by molar-refractivity contribution is 5.66. The first-order valence-corrected chi connectivity index (χ1v) is 4.04. The predicted octanol–water partition coefficient (Wildman–Crippen LogP) is 1.93. The van der Waals surface area contributed by atoms with Gasteiger partial charge >= 0.3 is 6.09 Å². The second-order valence-electron chi connectivity index (χ2n) is 3.70. The first kappa shape index (κ1) is 8.37. The number of amides is 1. The molecule has 0 aromatic rings. The highest BCUT2D eigenvalue weighted by atomic mass is 16.4. The van der Waals surface area contributed by atoms with E-state index in [9.17, 15) is 4.79 Å². The van der Waals surface area contributed by atoms with E-state index in [2.05, 4.69) is 0 Å². The Morgan fingerprint density at radius 1 is 1.45 bits per heavy atom. The maximum atomic E-state index is 10.7. The van der Waals surface area contributed by atoms with Gasteiger partial charge in [-0.25, -0.2) is 4.79 Å². The van der Waals surface area contributed by atoms with Gasteiger partial charge in [-0.1, -0.05) is 0 Å². The first-order chi connectivity index (χ1) is 5.04. The molecular weight excluding hydrogens is 142 g/mol. The summed E-state index contributed by atoms with van der Waals surface area (Å²) in [7, 11) is 0. The number of piperidine rings is 1. The Morgan fingerprint density at radius 3 is 2.45 bits per heavy atom. The van der Waals surface area contributed by atoms with E-state index in [-0.39, 0.29) is 5.54 Å². The molecule has 1 saturated heterocycles. The van der Waals surface area contributed by atoms with Crippen LogP contribution in [0.3, 0.4) is 0 Å². The molecule has 1 aliphatic heterocycles. The van der Waals surface area contributed by atoms with Gasteiger partial charge in [0.05, 0.1) is 0 Å². The van der Waals surface area contributed by atoms with Crippen LogP contribution in [0.5, 0.6) is 0 Å². The van der Waals surface area contributed by atoms with Crippen LogP contribution >= 0.6 is 0 Å². The molecule has 0 spiro atoms. The molecule has 3 heteroatoms. The molecule has 0 saturated carbocycles. The third-order valence-corrected chi connectivity index (χ3v) is 2.38. The summed E-state index contributed by atoms with van der Waals surface area (Å²) in [6.45, 7) is 4.67. The lowest BCUT2D eigenvalue weighted by atomic mass is 9.91. The monoisotopic (exact) mass is 157 g/mol. The van der Waals surface area contributed by atoms with E-state index in [0.29, 0.717) is 6.54 Å². The van der Waals surface area contributed by atoms with Crippen LogP contribution in [0.15, 0.2) is 0 Å². The van der Waals surface area contributed by atoms with Crippen LogP contribution in [0.1, 0.15) is 33.1 Å². The zero-order valence-corrected chi connectivity index (χ0v) is 7.13. The fraction of sp³-hybridized carbons (Fsp3) is 0.875. The van der Waals surface area contributed by atoms with Gasteiger partial charge in [-0.2, -0.15) is 0 Å². The van der Waals surface area contributed by atoms with Crippen LogP contribution in [-0.2, 0) is 0 Å². The SMILES string of the molecule is CC1(C)CCCCN1C(=O)O. The van der Waals surface area contributed by atoms with E-state index in [1.807, 2.05) is 13.8 Å². The molecule has 1 aliphatic rings. The lowest BCUT2D eigenvalue weighted by Crippen LogP contribution is -2.50. The molecule has 11 heavy (non-hydrogen) atoms. The Balaban J connectivity index is 2.67. The van der Waals surface area contributed by atoms with Gasteiger partial charge in [0.2, 0.25) is 0 Å². The molecule has 0 atom stereocenters. The molecule has 0 radical (unpaired) electrons. The van der Waals surface area contributed by atoms with E-state index in [0.717, 1.165) is 19.3 Å². The fourth-order valence-electron chi connectivity index (χ4n) is 1.62. The van der Waals surface area contributed by atoms with Crippen molar-refractivity contribution < 1.29 is 9.90 Å². The normalized spacial score (nSPS) is 23.3. The van der Waals surface area contributed by atoms with Crippen LogP contribution in [0.4, 0.5) is 4.79 Å². The van der Waals surface area contributed by atoms with Crippen LogP contribution in [-0.4, -0.2) is 28.2 Å². The van der Waals surface area contributed by atoms with Crippen molar-refractivity contribution in [2.75, 3.05) is 6.54 Å². The number of nitrogens with zero attached hydrogens (tertiary/aromatic N) is 1. The average Bonchev–Trinajstić information content (AvgIpc) is 1.85. The molecule has 0 unspecified atom stereocenters. The van der Waals surface area contributed by atoms with Crippen LogP contribution < -0.4 is 0 Å².